The van der Waals surface area contributed by atoms with Gasteiger partial charge in [-0.25, -0.2) is 13.2 Å². The number of hydrogen-bond acceptors (Lipinski definition) is 5. The zero-order chi connectivity index (χ0) is 26.1. The van der Waals surface area contributed by atoms with Gasteiger partial charge in [-0.05, 0) is 82.1 Å². The standard InChI is InChI=1S/C25H38ClN3O5S/c1-16(2)13-22(28(6)24(31)34-25(3,4)5)23(30)27-21-12-7-17-14-29(15-20(17)21)35(32,33)19-10-8-18(26)9-11-19/h8-11,16-17,20-22H,7,12-15H2,1-6H3,(H,27,30)/t17-,20+,21+,22-/m0/s1. The first-order valence-corrected chi connectivity index (χ1v) is 14.0. The molecule has 1 saturated heterocycles. The summed E-state index contributed by atoms with van der Waals surface area (Å²) in [6.07, 6.45) is 1.60. The number of benzene rings is 1. The van der Waals surface area contributed by atoms with Crippen LogP contribution in [0.5, 0.6) is 0 Å². The lowest BCUT2D eigenvalue weighted by Crippen LogP contribution is -2.52. The zero-order valence-electron chi connectivity index (χ0n) is 21.5. The molecule has 0 spiro atoms. The highest BCUT2D eigenvalue weighted by molar-refractivity contribution is 7.89. The molecule has 8 nitrogen and oxygen atoms in total. The maximum Gasteiger partial charge on any atom is 0.410 e. The molecule has 10 heteroatoms. The molecule has 35 heavy (non-hydrogen) atoms. The van der Waals surface area contributed by atoms with Crippen LogP contribution in [-0.2, 0) is 19.6 Å². The summed E-state index contributed by atoms with van der Waals surface area (Å²) in [5.74, 6) is 0.192. The van der Waals surface area contributed by atoms with Crippen LogP contribution in [0.4, 0.5) is 4.79 Å². The van der Waals surface area contributed by atoms with Crippen molar-refractivity contribution in [2.24, 2.45) is 17.8 Å². The number of carbonyl (C=O) groups is 2. The van der Waals surface area contributed by atoms with Crippen LogP contribution in [-0.4, -0.2) is 67.4 Å². The summed E-state index contributed by atoms with van der Waals surface area (Å²) < 4.78 is 33.3. The summed E-state index contributed by atoms with van der Waals surface area (Å²) >= 11 is 5.92. The Labute approximate surface area is 214 Å². The van der Waals surface area contributed by atoms with E-state index in [0.29, 0.717) is 24.5 Å². The van der Waals surface area contributed by atoms with Gasteiger partial charge in [0.05, 0.1) is 4.90 Å². The molecule has 1 aromatic carbocycles. The predicted octanol–water partition coefficient (Wildman–Crippen LogP) is 4.14. The van der Waals surface area contributed by atoms with Gasteiger partial charge in [0.15, 0.2) is 0 Å². The number of nitrogens with zero attached hydrogens (tertiary/aromatic N) is 2. The fourth-order valence-electron chi connectivity index (χ4n) is 4.98. The highest BCUT2D eigenvalue weighted by Gasteiger charge is 2.47. The lowest BCUT2D eigenvalue weighted by atomic mass is 9.96. The summed E-state index contributed by atoms with van der Waals surface area (Å²) in [4.78, 5) is 27.6. The van der Waals surface area contributed by atoms with Crippen LogP contribution in [0.2, 0.25) is 5.02 Å². The van der Waals surface area contributed by atoms with E-state index in [4.69, 9.17) is 16.3 Å². The Morgan fingerprint density at radius 1 is 1.17 bits per heavy atom. The zero-order valence-corrected chi connectivity index (χ0v) is 23.0. The molecular weight excluding hydrogens is 490 g/mol. The van der Waals surface area contributed by atoms with Gasteiger partial charge in [-0.2, -0.15) is 4.31 Å². The molecular formula is C25H38ClN3O5S. The number of fused-ring (bicyclic) bond motifs is 1. The largest absolute Gasteiger partial charge is 0.444 e. The van der Waals surface area contributed by atoms with Crippen molar-refractivity contribution in [3.63, 3.8) is 0 Å². The third-order valence-electron chi connectivity index (χ3n) is 6.75. The highest BCUT2D eigenvalue weighted by atomic mass is 35.5. The number of hydrogen-bond donors (Lipinski definition) is 1. The average Bonchev–Trinajstić information content (AvgIpc) is 3.33. The summed E-state index contributed by atoms with van der Waals surface area (Å²) in [5, 5.41) is 3.63. The molecule has 1 aromatic rings. The Morgan fingerprint density at radius 3 is 2.37 bits per heavy atom. The second-order valence-electron chi connectivity index (χ2n) is 11.1. The van der Waals surface area contributed by atoms with Crippen molar-refractivity contribution in [2.45, 2.75) is 76.5 Å². The normalized spacial score (nSPS) is 23.7. The summed E-state index contributed by atoms with van der Waals surface area (Å²) in [5.41, 5.74) is -0.661. The summed E-state index contributed by atoms with van der Waals surface area (Å²) in [6, 6.07) is 5.38. The van der Waals surface area contributed by atoms with Gasteiger partial charge in [0.25, 0.3) is 0 Å². The van der Waals surface area contributed by atoms with Crippen molar-refractivity contribution in [3.8, 4) is 0 Å². The van der Waals surface area contributed by atoms with E-state index in [1.165, 1.54) is 21.3 Å². The Kier molecular flexibility index (Phi) is 8.44. The maximum absolute atomic E-state index is 13.4. The van der Waals surface area contributed by atoms with Crippen molar-refractivity contribution in [3.05, 3.63) is 29.3 Å². The number of halogens is 1. The maximum atomic E-state index is 13.4. The van der Waals surface area contributed by atoms with Crippen molar-refractivity contribution in [1.29, 1.82) is 0 Å². The molecule has 1 N–H and O–H groups in total. The van der Waals surface area contributed by atoms with Crippen LogP contribution in [0, 0.1) is 17.8 Å². The van der Waals surface area contributed by atoms with E-state index in [2.05, 4.69) is 5.32 Å². The van der Waals surface area contributed by atoms with E-state index in [9.17, 15) is 18.0 Å². The molecule has 1 aliphatic heterocycles. The third-order valence-corrected chi connectivity index (χ3v) is 8.85. The van der Waals surface area contributed by atoms with Crippen LogP contribution in [0.3, 0.4) is 0 Å². The third kappa shape index (κ3) is 6.68. The predicted molar refractivity (Wildman–Crippen MR) is 136 cm³/mol. The number of sulfonamides is 1. The van der Waals surface area contributed by atoms with Gasteiger partial charge >= 0.3 is 6.09 Å². The molecule has 1 heterocycles. The van der Waals surface area contributed by atoms with Crippen LogP contribution in [0.1, 0.15) is 53.9 Å². The molecule has 0 unspecified atom stereocenters. The van der Waals surface area contributed by atoms with Crippen LogP contribution < -0.4 is 5.32 Å². The van der Waals surface area contributed by atoms with Crippen LogP contribution >= 0.6 is 11.6 Å². The monoisotopic (exact) mass is 527 g/mol. The topological polar surface area (TPSA) is 96.0 Å². The number of ether oxygens (including phenoxy) is 1. The molecule has 0 bridgehead atoms. The van der Waals surface area contributed by atoms with Crippen molar-refractivity contribution < 1.29 is 22.7 Å². The smallest absolute Gasteiger partial charge is 0.410 e. The minimum Gasteiger partial charge on any atom is -0.444 e. The molecule has 3 rings (SSSR count). The second kappa shape index (κ2) is 10.6. The Hall–Kier alpha value is -1.84. The molecule has 196 valence electrons. The Bertz CT molecular complexity index is 1020. The second-order valence-corrected chi connectivity index (χ2v) is 13.5. The molecule has 1 aliphatic carbocycles. The minimum absolute atomic E-state index is 0.0348. The van der Waals surface area contributed by atoms with Crippen LogP contribution in [0.15, 0.2) is 29.2 Å². The van der Waals surface area contributed by atoms with Crippen molar-refractivity contribution in [2.75, 3.05) is 20.1 Å². The molecule has 2 aliphatic rings. The molecule has 0 aromatic heterocycles. The van der Waals surface area contributed by atoms with E-state index >= 15 is 0 Å². The average molecular weight is 528 g/mol. The number of amides is 2. The molecule has 4 atom stereocenters. The van der Waals surface area contributed by atoms with E-state index in [1.54, 1.807) is 40.0 Å². The van der Waals surface area contributed by atoms with E-state index in [1.807, 2.05) is 13.8 Å². The molecule has 0 radical (unpaired) electrons. The lowest BCUT2D eigenvalue weighted by Gasteiger charge is -2.32. The Morgan fingerprint density at radius 2 is 1.80 bits per heavy atom. The fourth-order valence-corrected chi connectivity index (χ4v) is 6.64. The first-order valence-electron chi connectivity index (χ1n) is 12.2. The van der Waals surface area contributed by atoms with Crippen molar-refractivity contribution >= 4 is 33.6 Å². The number of carbonyl (C=O) groups excluding carboxylic acids is 2. The quantitative estimate of drug-likeness (QED) is 0.575. The van der Waals surface area contributed by atoms with E-state index in [0.717, 1.165) is 12.8 Å². The fraction of sp³-hybridized carbons (Fsp3) is 0.680. The molecule has 1 saturated carbocycles. The van der Waals surface area contributed by atoms with E-state index in [-0.39, 0.29) is 34.6 Å². The van der Waals surface area contributed by atoms with Gasteiger partial charge in [-0.15, -0.1) is 0 Å². The summed E-state index contributed by atoms with van der Waals surface area (Å²) in [6.45, 7) is 10.2. The van der Waals surface area contributed by atoms with E-state index < -0.39 is 27.8 Å². The molecule has 2 amide bonds. The van der Waals surface area contributed by atoms with Gasteiger partial charge in [0.2, 0.25) is 15.9 Å². The van der Waals surface area contributed by atoms with Crippen molar-refractivity contribution in [1.82, 2.24) is 14.5 Å². The summed E-state index contributed by atoms with van der Waals surface area (Å²) in [7, 11) is -2.04. The van der Waals surface area contributed by atoms with Crippen LogP contribution in [0.25, 0.3) is 0 Å². The van der Waals surface area contributed by atoms with Gasteiger partial charge < -0.3 is 10.1 Å². The number of nitrogens with one attached hydrogen (secondary N) is 1. The SMILES string of the molecule is CC(C)C[C@@H](C(=O)N[C@@H]1CC[C@H]2CN(S(=O)(=O)c3ccc(Cl)cc3)C[C@H]21)N(C)C(=O)OC(C)(C)C. The molecule has 2 fully saturated rings. The number of rotatable bonds is 7. The number of likely N-dealkylation sites (N-methyl/N-ethyl adjacent to an activating group) is 1. The van der Waals surface area contributed by atoms with Gasteiger partial charge in [0, 0.05) is 31.2 Å². The highest BCUT2D eigenvalue weighted by Crippen LogP contribution is 2.40. The van der Waals surface area contributed by atoms with Gasteiger partial charge in [0.1, 0.15) is 11.6 Å². The van der Waals surface area contributed by atoms with Gasteiger partial charge in [-0.3, -0.25) is 9.69 Å². The minimum atomic E-state index is -3.63. The van der Waals surface area contributed by atoms with Gasteiger partial charge in [-0.1, -0.05) is 25.4 Å². The lowest BCUT2D eigenvalue weighted by molar-refractivity contribution is -0.127. The first kappa shape index (κ1) is 27.7. The Balaban J connectivity index is 1.69. The first-order chi connectivity index (χ1) is 16.2.